The topological polar surface area (TPSA) is 158 Å². The number of hydrogen-bond acceptors (Lipinski definition) is 10. The van der Waals surface area contributed by atoms with Gasteiger partial charge in [0.05, 0.1) is 38.1 Å². The molecule has 2 heterocycles. The smallest absolute Gasteiger partial charge is 0.341 e. The van der Waals surface area contributed by atoms with E-state index in [-0.39, 0.29) is 41.5 Å². The maximum absolute atomic E-state index is 12.5. The zero-order valence-electron chi connectivity index (χ0n) is 17.5. The molecule has 0 saturated heterocycles. The Bertz CT molecular complexity index is 1030. The number of amides is 2. The number of methoxy groups -OCH3 is 2. The third-order valence-electron chi connectivity index (χ3n) is 3.63. The number of hydrogen-bond donors (Lipinski definition) is 3. The van der Waals surface area contributed by atoms with Crippen molar-refractivity contribution in [3.63, 3.8) is 0 Å². The van der Waals surface area contributed by atoms with Gasteiger partial charge in [-0.15, -0.1) is 11.3 Å². The third kappa shape index (κ3) is 6.42. The summed E-state index contributed by atoms with van der Waals surface area (Å²) in [7, 11) is -1.70. The highest BCUT2D eigenvalue weighted by Crippen LogP contribution is 2.35. The lowest BCUT2D eigenvalue weighted by Crippen LogP contribution is -2.39. The van der Waals surface area contributed by atoms with Gasteiger partial charge in [-0.3, -0.25) is 10.0 Å². The van der Waals surface area contributed by atoms with Crippen molar-refractivity contribution in [3.8, 4) is 11.8 Å². The summed E-state index contributed by atoms with van der Waals surface area (Å²) < 4.78 is 44.0. The summed E-state index contributed by atoms with van der Waals surface area (Å²) in [4.78, 5) is 32.8. The van der Waals surface area contributed by atoms with Crippen molar-refractivity contribution in [2.24, 2.45) is 0 Å². The van der Waals surface area contributed by atoms with Crippen LogP contribution in [-0.4, -0.2) is 51.2 Å². The average Bonchev–Trinajstić information content (AvgIpc) is 3.10. The number of thiophene rings is 1. The van der Waals surface area contributed by atoms with Crippen LogP contribution in [-0.2, 0) is 14.9 Å². The summed E-state index contributed by atoms with van der Waals surface area (Å²) in [6.45, 7) is 5.44. The predicted molar refractivity (Wildman–Crippen MR) is 114 cm³/mol. The van der Waals surface area contributed by atoms with Crippen molar-refractivity contribution in [2.45, 2.75) is 26.7 Å². The molecule has 0 aliphatic rings. The molecule has 3 N–H and O–H groups in total. The number of ether oxygens (including phenoxy) is 3. The zero-order valence-corrected chi connectivity index (χ0v) is 19.1. The van der Waals surface area contributed by atoms with E-state index in [1.807, 2.05) is 13.8 Å². The van der Waals surface area contributed by atoms with Gasteiger partial charge in [-0.25, -0.2) is 14.3 Å². The number of esters is 1. The molecule has 0 atom stereocenters. The minimum Gasteiger partial charge on any atom is -0.481 e. The average molecular weight is 474 g/mol. The number of anilines is 2. The van der Waals surface area contributed by atoms with Crippen molar-refractivity contribution in [2.75, 3.05) is 30.9 Å². The molecule has 0 fully saturated rings. The molecule has 0 aliphatic heterocycles. The Morgan fingerprint density at radius 1 is 1.16 bits per heavy atom. The lowest BCUT2D eigenvalue weighted by atomic mass is 10.1. The number of aromatic nitrogens is 2. The number of nitrogens with one attached hydrogen (secondary N) is 3. The van der Waals surface area contributed by atoms with Crippen LogP contribution >= 0.6 is 11.3 Å². The van der Waals surface area contributed by atoms with Gasteiger partial charge in [0.1, 0.15) is 0 Å². The van der Waals surface area contributed by atoms with E-state index in [2.05, 4.69) is 20.0 Å². The second-order valence-electron chi connectivity index (χ2n) is 6.20. The normalized spacial score (nSPS) is 11.0. The predicted octanol–water partition coefficient (Wildman–Crippen LogP) is 2.33. The Labute approximate surface area is 183 Å². The Kier molecular flexibility index (Phi) is 7.99. The first-order valence-electron chi connectivity index (χ1n) is 8.97. The van der Waals surface area contributed by atoms with Gasteiger partial charge in [-0.2, -0.15) is 18.4 Å². The van der Waals surface area contributed by atoms with Gasteiger partial charge < -0.3 is 14.2 Å². The Morgan fingerprint density at radius 3 is 2.29 bits per heavy atom. The van der Waals surface area contributed by atoms with Crippen LogP contribution < -0.4 is 24.2 Å². The monoisotopic (exact) mass is 473 g/mol. The highest BCUT2D eigenvalue weighted by Gasteiger charge is 2.25. The van der Waals surface area contributed by atoms with Gasteiger partial charge in [-0.1, -0.05) is 13.8 Å². The lowest BCUT2D eigenvalue weighted by molar-refractivity contribution is 0.0528. The number of urea groups is 1. The summed E-state index contributed by atoms with van der Waals surface area (Å²) in [6.07, 6.45) is 0. The first-order chi connectivity index (χ1) is 14.6. The van der Waals surface area contributed by atoms with E-state index < -0.39 is 22.2 Å². The first kappa shape index (κ1) is 24.1. The van der Waals surface area contributed by atoms with E-state index in [0.29, 0.717) is 4.88 Å². The van der Waals surface area contributed by atoms with Gasteiger partial charge in [0.2, 0.25) is 17.7 Å². The molecule has 14 heteroatoms. The molecule has 0 unspecified atom stereocenters. The molecule has 2 aromatic rings. The van der Waals surface area contributed by atoms with Crippen LogP contribution in [0.15, 0.2) is 11.4 Å². The SMILES string of the molecule is CCOC(=O)c1csc(C(C)C)c1NS(=O)(=O)NC(=O)Nc1nc(OC)cc(OC)n1. The number of rotatable bonds is 9. The lowest BCUT2D eigenvalue weighted by Gasteiger charge is -2.14. The highest BCUT2D eigenvalue weighted by molar-refractivity contribution is 7.91. The largest absolute Gasteiger partial charge is 0.481 e. The summed E-state index contributed by atoms with van der Waals surface area (Å²) in [6, 6.07) is 0.240. The van der Waals surface area contributed by atoms with E-state index in [4.69, 9.17) is 14.2 Å². The van der Waals surface area contributed by atoms with Crippen LogP contribution in [0.2, 0.25) is 0 Å². The van der Waals surface area contributed by atoms with Crippen LogP contribution in [0.25, 0.3) is 0 Å². The van der Waals surface area contributed by atoms with Crippen molar-refractivity contribution in [1.82, 2.24) is 14.7 Å². The molecule has 0 radical (unpaired) electrons. The minimum atomic E-state index is -4.41. The molecule has 170 valence electrons. The third-order valence-corrected chi connectivity index (χ3v) is 5.84. The molecule has 12 nitrogen and oxygen atoms in total. The highest BCUT2D eigenvalue weighted by atomic mass is 32.2. The fourth-order valence-electron chi connectivity index (χ4n) is 2.34. The fourth-order valence-corrected chi connectivity index (χ4v) is 4.25. The van der Waals surface area contributed by atoms with Crippen molar-refractivity contribution in [3.05, 3.63) is 21.9 Å². The number of nitrogens with zero attached hydrogens (tertiary/aromatic N) is 2. The van der Waals surface area contributed by atoms with Crippen LogP contribution in [0.1, 0.15) is 41.9 Å². The zero-order chi connectivity index (χ0) is 23.2. The molecule has 0 aliphatic carbocycles. The molecule has 2 aromatic heterocycles. The molecule has 31 heavy (non-hydrogen) atoms. The van der Waals surface area contributed by atoms with Crippen molar-refractivity contribution in [1.29, 1.82) is 0 Å². The van der Waals surface area contributed by atoms with Crippen LogP contribution in [0.3, 0.4) is 0 Å². The van der Waals surface area contributed by atoms with Gasteiger partial charge in [0.25, 0.3) is 0 Å². The van der Waals surface area contributed by atoms with Crippen LogP contribution in [0.5, 0.6) is 11.8 Å². The van der Waals surface area contributed by atoms with Gasteiger partial charge in [0, 0.05) is 10.3 Å². The molecule has 0 saturated carbocycles. The molecular weight excluding hydrogens is 450 g/mol. The van der Waals surface area contributed by atoms with Gasteiger partial charge in [-0.05, 0) is 12.8 Å². The van der Waals surface area contributed by atoms with E-state index in [1.54, 1.807) is 11.6 Å². The molecule has 2 amide bonds. The molecular formula is C17H23N5O7S2. The maximum Gasteiger partial charge on any atom is 0.341 e. The Hall–Kier alpha value is -3.13. The molecule has 0 aromatic carbocycles. The van der Waals surface area contributed by atoms with Gasteiger partial charge >= 0.3 is 22.2 Å². The molecule has 0 spiro atoms. The summed E-state index contributed by atoms with van der Waals surface area (Å²) in [5.74, 6) is -0.805. The fraction of sp³-hybridized carbons (Fsp3) is 0.412. The Balaban J connectivity index is 2.21. The van der Waals surface area contributed by atoms with Crippen molar-refractivity contribution >= 4 is 45.2 Å². The quantitative estimate of drug-likeness (QED) is 0.465. The minimum absolute atomic E-state index is 0.0537. The van der Waals surface area contributed by atoms with Gasteiger partial charge in [0.15, 0.2) is 0 Å². The first-order valence-corrected chi connectivity index (χ1v) is 11.3. The van der Waals surface area contributed by atoms with E-state index in [9.17, 15) is 18.0 Å². The Morgan fingerprint density at radius 2 is 1.77 bits per heavy atom. The van der Waals surface area contributed by atoms with E-state index in [0.717, 1.165) is 0 Å². The van der Waals surface area contributed by atoms with Crippen LogP contribution in [0, 0.1) is 0 Å². The van der Waals surface area contributed by atoms with E-state index in [1.165, 1.54) is 37.0 Å². The standard InChI is InChI=1S/C17H23N5O7S2/c1-6-29-15(23)10-8-30-14(9(2)3)13(10)21-31(25,26)22-17(24)20-16-18-11(27-4)7-12(19-16)28-5/h7-9,21H,6H2,1-5H3,(H2,18,19,20,22,24). The summed E-state index contributed by atoms with van der Waals surface area (Å²) in [5.41, 5.74) is 0.111. The number of carbonyl (C=O) groups excluding carboxylic acids is 2. The second kappa shape index (κ2) is 10.3. The summed E-state index contributed by atoms with van der Waals surface area (Å²) in [5, 5.41) is 3.68. The van der Waals surface area contributed by atoms with Crippen molar-refractivity contribution < 1.29 is 32.2 Å². The number of carbonyl (C=O) groups is 2. The summed E-state index contributed by atoms with van der Waals surface area (Å²) >= 11 is 1.20. The second-order valence-corrected chi connectivity index (χ2v) is 8.53. The van der Waals surface area contributed by atoms with E-state index >= 15 is 0 Å². The molecule has 0 bridgehead atoms. The maximum atomic E-state index is 12.5. The van der Waals surface area contributed by atoms with Crippen LogP contribution in [0.4, 0.5) is 16.4 Å². The molecule has 2 rings (SSSR count).